The van der Waals surface area contributed by atoms with Crippen molar-refractivity contribution < 1.29 is 14.3 Å². The maximum absolute atomic E-state index is 12.9. The van der Waals surface area contributed by atoms with Crippen LogP contribution in [0.5, 0.6) is 11.5 Å². The SMILES string of the molecule is COc1cccc(CN2CCN(C(=O)c3cc(COc4cccc(C)c4)cs3)CC2)c1. The Bertz CT molecular complexity index is 1020. The van der Waals surface area contributed by atoms with Crippen LogP contribution in [-0.4, -0.2) is 49.0 Å². The summed E-state index contributed by atoms with van der Waals surface area (Å²) in [6, 6.07) is 18.1. The van der Waals surface area contributed by atoms with Crippen molar-refractivity contribution >= 4 is 17.2 Å². The number of carbonyl (C=O) groups excluding carboxylic acids is 1. The second kappa shape index (κ2) is 9.98. The van der Waals surface area contributed by atoms with Gasteiger partial charge in [-0.2, -0.15) is 0 Å². The minimum atomic E-state index is 0.118. The number of benzene rings is 2. The van der Waals surface area contributed by atoms with E-state index in [9.17, 15) is 4.79 Å². The highest BCUT2D eigenvalue weighted by Gasteiger charge is 2.23. The van der Waals surface area contributed by atoms with Crippen molar-refractivity contribution in [1.29, 1.82) is 0 Å². The van der Waals surface area contributed by atoms with Crippen LogP contribution in [0.2, 0.25) is 0 Å². The third kappa shape index (κ3) is 5.66. The standard InChI is InChI=1S/C25H28N2O3S/c1-19-5-3-8-23(13-19)30-17-21-15-24(31-18-21)25(28)27-11-9-26(10-12-27)16-20-6-4-7-22(14-20)29-2/h3-8,13-15,18H,9-12,16-17H2,1-2H3. The molecule has 3 aromatic rings. The molecule has 0 radical (unpaired) electrons. The van der Waals surface area contributed by atoms with Gasteiger partial charge in [-0.1, -0.05) is 24.3 Å². The van der Waals surface area contributed by atoms with E-state index in [-0.39, 0.29) is 5.91 Å². The van der Waals surface area contributed by atoms with Crippen LogP contribution in [0.15, 0.2) is 60.0 Å². The van der Waals surface area contributed by atoms with Gasteiger partial charge in [0.05, 0.1) is 12.0 Å². The third-order valence-corrected chi connectivity index (χ3v) is 6.43. The molecule has 0 N–H and O–H groups in total. The predicted molar refractivity (Wildman–Crippen MR) is 124 cm³/mol. The molecule has 0 atom stereocenters. The summed E-state index contributed by atoms with van der Waals surface area (Å²) in [6.07, 6.45) is 0. The van der Waals surface area contributed by atoms with Crippen LogP contribution in [0, 0.1) is 6.92 Å². The molecule has 4 rings (SSSR count). The first kappa shape index (κ1) is 21.4. The first-order valence-electron chi connectivity index (χ1n) is 10.5. The number of thiophene rings is 1. The van der Waals surface area contributed by atoms with Crippen LogP contribution in [0.1, 0.15) is 26.4 Å². The fourth-order valence-electron chi connectivity index (χ4n) is 3.73. The van der Waals surface area contributed by atoms with Gasteiger partial charge in [-0.3, -0.25) is 9.69 Å². The molecule has 2 heterocycles. The van der Waals surface area contributed by atoms with Gasteiger partial charge in [-0.25, -0.2) is 0 Å². The average Bonchev–Trinajstić information content (AvgIpc) is 3.27. The predicted octanol–water partition coefficient (Wildman–Crippen LogP) is 4.60. The molecule has 5 nitrogen and oxygen atoms in total. The Labute approximate surface area is 187 Å². The number of ether oxygens (including phenoxy) is 2. The Kier molecular flexibility index (Phi) is 6.89. The molecule has 0 saturated carbocycles. The van der Waals surface area contributed by atoms with E-state index in [0.29, 0.717) is 6.61 Å². The van der Waals surface area contributed by atoms with E-state index >= 15 is 0 Å². The van der Waals surface area contributed by atoms with Gasteiger partial charge in [0, 0.05) is 38.3 Å². The quantitative estimate of drug-likeness (QED) is 0.543. The molecule has 31 heavy (non-hydrogen) atoms. The second-order valence-corrected chi connectivity index (χ2v) is 8.76. The number of carbonyl (C=O) groups is 1. The molecule has 1 amide bonds. The van der Waals surface area contributed by atoms with Crippen LogP contribution in [0.25, 0.3) is 0 Å². The van der Waals surface area contributed by atoms with Crippen molar-refractivity contribution in [3.63, 3.8) is 0 Å². The van der Waals surface area contributed by atoms with Gasteiger partial charge >= 0.3 is 0 Å². The van der Waals surface area contributed by atoms with E-state index < -0.39 is 0 Å². The zero-order valence-corrected chi connectivity index (χ0v) is 18.9. The van der Waals surface area contributed by atoms with Gasteiger partial charge in [-0.05, 0) is 53.8 Å². The first-order chi connectivity index (χ1) is 15.1. The van der Waals surface area contributed by atoms with E-state index in [1.165, 1.54) is 22.5 Å². The highest BCUT2D eigenvalue weighted by molar-refractivity contribution is 7.12. The van der Waals surface area contributed by atoms with Crippen LogP contribution < -0.4 is 9.47 Å². The number of methoxy groups -OCH3 is 1. The van der Waals surface area contributed by atoms with Crippen molar-refractivity contribution in [3.8, 4) is 11.5 Å². The Morgan fingerprint density at radius 2 is 1.74 bits per heavy atom. The van der Waals surface area contributed by atoms with E-state index in [2.05, 4.69) is 17.0 Å². The molecular formula is C25H28N2O3S. The summed E-state index contributed by atoms with van der Waals surface area (Å²) in [5, 5.41) is 2.02. The fourth-order valence-corrected chi connectivity index (χ4v) is 4.59. The number of piperazine rings is 1. The van der Waals surface area contributed by atoms with Gasteiger partial charge in [0.2, 0.25) is 0 Å². The molecule has 0 spiro atoms. The Morgan fingerprint density at radius 1 is 0.968 bits per heavy atom. The lowest BCUT2D eigenvalue weighted by Gasteiger charge is -2.34. The summed E-state index contributed by atoms with van der Waals surface area (Å²) >= 11 is 1.50. The van der Waals surface area contributed by atoms with Gasteiger partial charge in [-0.15, -0.1) is 11.3 Å². The van der Waals surface area contributed by atoms with E-state index in [4.69, 9.17) is 9.47 Å². The lowest BCUT2D eigenvalue weighted by Crippen LogP contribution is -2.48. The van der Waals surface area contributed by atoms with Crippen LogP contribution >= 0.6 is 11.3 Å². The molecule has 6 heteroatoms. The lowest BCUT2D eigenvalue weighted by atomic mass is 10.2. The summed E-state index contributed by atoms with van der Waals surface area (Å²) in [5.74, 6) is 1.85. The molecule has 1 saturated heterocycles. The number of hydrogen-bond acceptors (Lipinski definition) is 5. The average molecular weight is 437 g/mol. The Morgan fingerprint density at radius 3 is 2.52 bits per heavy atom. The van der Waals surface area contributed by atoms with E-state index in [1.807, 2.05) is 59.7 Å². The molecule has 2 aromatic carbocycles. The highest BCUT2D eigenvalue weighted by Crippen LogP contribution is 2.21. The van der Waals surface area contributed by atoms with Gasteiger partial charge in [0.25, 0.3) is 5.91 Å². The van der Waals surface area contributed by atoms with Gasteiger partial charge in [0.1, 0.15) is 18.1 Å². The number of rotatable bonds is 7. The molecule has 0 aliphatic carbocycles. The minimum absolute atomic E-state index is 0.118. The van der Waals surface area contributed by atoms with E-state index in [0.717, 1.165) is 54.7 Å². The summed E-state index contributed by atoms with van der Waals surface area (Å²) < 4.78 is 11.2. The molecular weight excluding hydrogens is 408 g/mol. The minimum Gasteiger partial charge on any atom is -0.497 e. The molecule has 1 aliphatic rings. The van der Waals surface area contributed by atoms with Crippen LogP contribution in [0.3, 0.4) is 0 Å². The Hall–Kier alpha value is -2.83. The lowest BCUT2D eigenvalue weighted by molar-refractivity contribution is 0.0633. The molecule has 0 bridgehead atoms. The fraction of sp³-hybridized carbons (Fsp3) is 0.320. The molecule has 1 aliphatic heterocycles. The van der Waals surface area contributed by atoms with Crippen molar-refractivity contribution in [2.45, 2.75) is 20.1 Å². The summed E-state index contributed by atoms with van der Waals surface area (Å²) in [6.45, 7) is 6.63. The molecule has 0 unspecified atom stereocenters. The molecule has 1 fully saturated rings. The molecule has 162 valence electrons. The normalized spacial score (nSPS) is 14.5. The topological polar surface area (TPSA) is 42.0 Å². The summed E-state index contributed by atoms with van der Waals surface area (Å²) in [4.78, 5) is 18.1. The zero-order valence-electron chi connectivity index (χ0n) is 18.0. The number of nitrogens with zero attached hydrogens (tertiary/aromatic N) is 2. The van der Waals surface area contributed by atoms with Gasteiger partial charge < -0.3 is 14.4 Å². The maximum atomic E-state index is 12.9. The van der Waals surface area contributed by atoms with Crippen molar-refractivity contribution in [2.75, 3.05) is 33.3 Å². The van der Waals surface area contributed by atoms with Crippen molar-refractivity contribution in [1.82, 2.24) is 9.80 Å². The molecule has 1 aromatic heterocycles. The van der Waals surface area contributed by atoms with Crippen molar-refractivity contribution in [2.24, 2.45) is 0 Å². The highest BCUT2D eigenvalue weighted by atomic mass is 32.1. The monoisotopic (exact) mass is 436 g/mol. The second-order valence-electron chi connectivity index (χ2n) is 7.84. The number of hydrogen-bond donors (Lipinski definition) is 0. The van der Waals surface area contributed by atoms with E-state index in [1.54, 1.807) is 7.11 Å². The van der Waals surface area contributed by atoms with Crippen LogP contribution in [-0.2, 0) is 13.2 Å². The largest absolute Gasteiger partial charge is 0.497 e. The van der Waals surface area contributed by atoms with Gasteiger partial charge in [0.15, 0.2) is 0 Å². The summed E-state index contributed by atoms with van der Waals surface area (Å²) in [7, 11) is 1.69. The Balaban J connectivity index is 1.27. The number of aryl methyl sites for hydroxylation is 1. The zero-order chi connectivity index (χ0) is 21.6. The smallest absolute Gasteiger partial charge is 0.264 e. The third-order valence-electron chi connectivity index (χ3n) is 5.46. The maximum Gasteiger partial charge on any atom is 0.264 e. The summed E-state index contributed by atoms with van der Waals surface area (Å²) in [5.41, 5.74) is 3.44. The number of amides is 1. The van der Waals surface area contributed by atoms with Crippen LogP contribution in [0.4, 0.5) is 0 Å². The first-order valence-corrected chi connectivity index (χ1v) is 11.4. The van der Waals surface area contributed by atoms with Crippen molar-refractivity contribution in [3.05, 3.63) is 81.5 Å².